The van der Waals surface area contributed by atoms with E-state index < -0.39 is 23.1 Å². The highest BCUT2D eigenvalue weighted by atomic mass is 16.5. The van der Waals surface area contributed by atoms with E-state index in [-0.39, 0.29) is 23.4 Å². The highest BCUT2D eigenvalue weighted by Gasteiger charge is 2.34. The molecule has 10 heteroatoms. The largest absolute Gasteiger partial charge is 0.465 e. The number of ether oxygens (including phenoxy) is 1. The molecule has 1 saturated heterocycles. The third kappa shape index (κ3) is 4.05. The second-order valence-corrected chi connectivity index (χ2v) is 8.08. The molecule has 0 saturated carbocycles. The standard InChI is InChI=1S/C22H29N5O5/c1-13-12-26(16-8-6-15(7-9-16)21(30)32-5)10-11-27(13)14(2)18(28)17-19(23)24(3)22(31)25(4)20(17)29/h6-9,13-14H,10-12,23H2,1-5H3. The Morgan fingerprint density at radius 3 is 2.28 bits per heavy atom. The smallest absolute Gasteiger partial charge is 0.337 e. The van der Waals surface area contributed by atoms with Gasteiger partial charge in [-0.25, -0.2) is 9.59 Å². The summed E-state index contributed by atoms with van der Waals surface area (Å²) in [5.74, 6) is -0.903. The molecule has 0 aliphatic carbocycles. The van der Waals surface area contributed by atoms with E-state index in [1.54, 1.807) is 19.1 Å². The first kappa shape index (κ1) is 23.3. The molecule has 2 atom stereocenters. The number of nitrogens with zero attached hydrogens (tertiary/aromatic N) is 4. The lowest BCUT2D eigenvalue weighted by molar-refractivity contribution is 0.0600. The lowest BCUT2D eigenvalue weighted by Crippen LogP contribution is -2.57. The maximum absolute atomic E-state index is 13.2. The number of Topliss-reactive ketones (excluding diaryl/α,β-unsaturated/α-hetero) is 1. The van der Waals surface area contributed by atoms with Crippen LogP contribution >= 0.6 is 0 Å². The van der Waals surface area contributed by atoms with Gasteiger partial charge in [0.15, 0.2) is 5.78 Å². The topological polar surface area (TPSA) is 120 Å². The zero-order valence-electron chi connectivity index (χ0n) is 19.0. The van der Waals surface area contributed by atoms with Crippen LogP contribution in [0.4, 0.5) is 11.5 Å². The van der Waals surface area contributed by atoms with Crippen molar-refractivity contribution in [2.75, 3.05) is 37.4 Å². The third-order valence-electron chi connectivity index (χ3n) is 6.17. The number of aromatic nitrogens is 2. The van der Waals surface area contributed by atoms with Crippen molar-refractivity contribution in [1.29, 1.82) is 0 Å². The number of esters is 1. The minimum absolute atomic E-state index is 0.0144. The Morgan fingerprint density at radius 1 is 1.09 bits per heavy atom. The van der Waals surface area contributed by atoms with E-state index in [4.69, 9.17) is 10.5 Å². The molecule has 1 aromatic carbocycles. The molecule has 3 rings (SSSR count). The fourth-order valence-electron chi connectivity index (χ4n) is 4.16. The van der Waals surface area contributed by atoms with Crippen LogP contribution < -0.4 is 21.9 Å². The fourth-order valence-corrected chi connectivity index (χ4v) is 4.16. The summed E-state index contributed by atoms with van der Waals surface area (Å²) in [6.45, 7) is 5.69. The highest BCUT2D eigenvalue weighted by Crippen LogP contribution is 2.23. The van der Waals surface area contributed by atoms with Crippen molar-refractivity contribution in [2.45, 2.75) is 25.9 Å². The van der Waals surface area contributed by atoms with E-state index in [1.165, 1.54) is 21.2 Å². The number of hydrogen-bond donors (Lipinski definition) is 1. The zero-order valence-corrected chi connectivity index (χ0v) is 19.0. The molecule has 2 aromatic rings. The molecular formula is C22H29N5O5. The summed E-state index contributed by atoms with van der Waals surface area (Å²) in [4.78, 5) is 53.7. The van der Waals surface area contributed by atoms with Crippen LogP contribution in [0.15, 0.2) is 33.9 Å². The summed E-state index contributed by atoms with van der Waals surface area (Å²) >= 11 is 0. The first-order valence-corrected chi connectivity index (χ1v) is 10.4. The number of rotatable bonds is 5. The van der Waals surface area contributed by atoms with Gasteiger partial charge in [-0.05, 0) is 38.1 Å². The fraction of sp³-hybridized carbons (Fsp3) is 0.455. The van der Waals surface area contributed by atoms with E-state index in [2.05, 4.69) is 4.90 Å². The van der Waals surface area contributed by atoms with Gasteiger partial charge in [0.05, 0.1) is 18.7 Å². The summed E-state index contributed by atoms with van der Waals surface area (Å²) in [5.41, 5.74) is 6.01. The molecule has 32 heavy (non-hydrogen) atoms. The minimum Gasteiger partial charge on any atom is -0.465 e. The molecule has 2 heterocycles. The summed E-state index contributed by atoms with van der Waals surface area (Å²) in [6.07, 6.45) is 0. The quantitative estimate of drug-likeness (QED) is 0.515. The number of hydrogen-bond acceptors (Lipinski definition) is 8. The molecular weight excluding hydrogens is 414 g/mol. The Kier molecular flexibility index (Phi) is 6.54. The Bertz CT molecular complexity index is 1150. The average Bonchev–Trinajstić information content (AvgIpc) is 2.80. The molecule has 1 fully saturated rings. The monoisotopic (exact) mass is 443 g/mol. The van der Waals surface area contributed by atoms with Crippen LogP contribution in [0.1, 0.15) is 34.6 Å². The van der Waals surface area contributed by atoms with Crippen molar-refractivity contribution < 1.29 is 14.3 Å². The predicted molar refractivity (Wildman–Crippen MR) is 121 cm³/mol. The lowest BCUT2D eigenvalue weighted by Gasteiger charge is -2.43. The van der Waals surface area contributed by atoms with Gasteiger partial charge < -0.3 is 15.4 Å². The molecule has 0 bridgehead atoms. The first-order valence-electron chi connectivity index (χ1n) is 10.4. The van der Waals surface area contributed by atoms with Gasteiger partial charge in [-0.15, -0.1) is 0 Å². The second-order valence-electron chi connectivity index (χ2n) is 8.08. The van der Waals surface area contributed by atoms with E-state index in [1.807, 2.05) is 24.0 Å². The van der Waals surface area contributed by atoms with Gasteiger partial charge in [-0.2, -0.15) is 0 Å². The third-order valence-corrected chi connectivity index (χ3v) is 6.17. The van der Waals surface area contributed by atoms with Crippen LogP contribution in [0.25, 0.3) is 0 Å². The number of anilines is 2. The lowest BCUT2D eigenvalue weighted by atomic mass is 10.0. The number of carbonyl (C=O) groups is 2. The number of piperazine rings is 1. The first-order chi connectivity index (χ1) is 15.1. The van der Waals surface area contributed by atoms with Crippen molar-refractivity contribution >= 4 is 23.3 Å². The van der Waals surface area contributed by atoms with Crippen molar-refractivity contribution in [2.24, 2.45) is 14.1 Å². The molecule has 1 aliphatic heterocycles. The summed E-state index contributed by atoms with van der Waals surface area (Å²) in [5, 5.41) is 0. The Morgan fingerprint density at radius 2 is 1.72 bits per heavy atom. The molecule has 1 aliphatic rings. The molecule has 1 aromatic heterocycles. The van der Waals surface area contributed by atoms with Gasteiger partial charge in [0.1, 0.15) is 11.4 Å². The minimum atomic E-state index is -0.681. The highest BCUT2D eigenvalue weighted by molar-refractivity contribution is 6.03. The summed E-state index contributed by atoms with van der Waals surface area (Å²) < 4.78 is 6.74. The molecule has 2 unspecified atom stereocenters. The number of ketones is 1. The van der Waals surface area contributed by atoms with Gasteiger partial charge in [0.25, 0.3) is 5.56 Å². The Hall–Kier alpha value is -3.40. The van der Waals surface area contributed by atoms with Crippen LogP contribution in [0.3, 0.4) is 0 Å². The molecule has 0 spiro atoms. The molecule has 10 nitrogen and oxygen atoms in total. The van der Waals surface area contributed by atoms with Gasteiger partial charge in [-0.1, -0.05) is 0 Å². The average molecular weight is 444 g/mol. The number of benzene rings is 1. The van der Waals surface area contributed by atoms with Gasteiger partial charge in [-0.3, -0.25) is 23.6 Å². The number of methoxy groups -OCH3 is 1. The number of nitrogen functional groups attached to an aromatic ring is 1. The van der Waals surface area contributed by atoms with E-state index in [0.717, 1.165) is 14.8 Å². The van der Waals surface area contributed by atoms with Crippen molar-refractivity contribution in [1.82, 2.24) is 14.0 Å². The van der Waals surface area contributed by atoms with Gasteiger partial charge >= 0.3 is 11.7 Å². The van der Waals surface area contributed by atoms with Crippen molar-refractivity contribution in [3.05, 3.63) is 56.2 Å². The van der Waals surface area contributed by atoms with Crippen molar-refractivity contribution in [3.63, 3.8) is 0 Å². The number of carbonyl (C=O) groups excluding carboxylic acids is 2. The SMILES string of the molecule is COC(=O)c1ccc(N2CCN(C(C)C(=O)c3c(N)n(C)c(=O)n(C)c3=O)C(C)C2)cc1. The van der Waals surface area contributed by atoms with Crippen LogP contribution in [-0.4, -0.2) is 64.6 Å². The summed E-state index contributed by atoms with van der Waals surface area (Å²) in [6, 6.07) is 6.63. The van der Waals surface area contributed by atoms with E-state index in [9.17, 15) is 19.2 Å². The van der Waals surface area contributed by atoms with Crippen LogP contribution in [0.2, 0.25) is 0 Å². The number of nitrogens with two attached hydrogens (primary N) is 1. The normalized spacial score (nSPS) is 17.8. The second kappa shape index (κ2) is 8.99. The van der Waals surface area contributed by atoms with Crippen LogP contribution in [0, 0.1) is 0 Å². The molecule has 0 amide bonds. The van der Waals surface area contributed by atoms with Crippen molar-refractivity contribution in [3.8, 4) is 0 Å². The Balaban J connectivity index is 1.77. The van der Waals surface area contributed by atoms with E-state index in [0.29, 0.717) is 25.2 Å². The molecule has 0 radical (unpaired) electrons. The maximum atomic E-state index is 13.2. The Labute approximate surface area is 185 Å². The molecule has 172 valence electrons. The molecule has 2 N–H and O–H groups in total. The van der Waals surface area contributed by atoms with Gasteiger partial charge in [0.2, 0.25) is 0 Å². The maximum Gasteiger partial charge on any atom is 0.337 e. The van der Waals surface area contributed by atoms with E-state index >= 15 is 0 Å². The summed E-state index contributed by atoms with van der Waals surface area (Å²) in [7, 11) is 4.11. The predicted octanol–water partition coefficient (Wildman–Crippen LogP) is 0.235. The van der Waals surface area contributed by atoms with Gasteiger partial charge in [0, 0.05) is 45.5 Å². The van der Waals surface area contributed by atoms with Crippen LogP contribution in [0.5, 0.6) is 0 Å². The van der Waals surface area contributed by atoms with Crippen LogP contribution in [-0.2, 0) is 18.8 Å². The zero-order chi connectivity index (χ0) is 23.7.